The topological polar surface area (TPSA) is 82.1 Å². The van der Waals surface area contributed by atoms with Gasteiger partial charge in [-0.2, -0.15) is 0 Å². The molecule has 1 saturated heterocycles. The summed E-state index contributed by atoms with van der Waals surface area (Å²) in [6.45, 7) is 1.51. The van der Waals surface area contributed by atoms with Gasteiger partial charge in [0.2, 0.25) is 0 Å². The normalized spacial score (nSPS) is 16.3. The molecule has 142 valence electrons. The van der Waals surface area contributed by atoms with Gasteiger partial charge in [-0.15, -0.1) is 6.42 Å². The predicted octanol–water partition coefficient (Wildman–Crippen LogP) is 3.07. The minimum absolute atomic E-state index is 0.0758. The predicted molar refractivity (Wildman–Crippen MR) is 104 cm³/mol. The van der Waals surface area contributed by atoms with E-state index in [2.05, 4.69) is 26.6 Å². The number of hydrogen-bond donors (Lipinski definition) is 0. The molecule has 0 spiro atoms. The van der Waals surface area contributed by atoms with Gasteiger partial charge in [0.25, 0.3) is 11.1 Å². The number of imide groups is 1. The fraction of sp³-hybridized carbons (Fsp3) is 0.278. The van der Waals surface area contributed by atoms with Crippen LogP contribution >= 0.6 is 27.7 Å². The lowest BCUT2D eigenvalue weighted by Crippen LogP contribution is -2.42. The average Bonchev–Trinajstić information content (AvgIpc) is 2.93. The molecular weight excluding hydrogens is 438 g/mol. The van der Waals surface area contributed by atoms with Gasteiger partial charge in [-0.1, -0.05) is 21.9 Å². The van der Waals surface area contributed by atoms with E-state index in [0.717, 1.165) is 16.7 Å². The molecule has 1 aromatic carbocycles. The number of ether oxygens (including phenoxy) is 3. The SMILES string of the molecule is C#CCOc1cc(Br)c(/C=C2/SC(=O)N(C(C)C(=O)OC)C2=O)cc1OC. The zero-order valence-corrected chi connectivity index (χ0v) is 17.2. The summed E-state index contributed by atoms with van der Waals surface area (Å²) in [5.41, 5.74) is 0.594. The number of thioether (sulfide) groups is 1. The number of esters is 1. The molecule has 1 unspecified atom stereocenters. The van der Waals surface area contributed by atoms with Crippen LogP contribution in [0.3, 0.4) is 0 Å². The van der Waals surface area contributed by atoms with Crippen LogP contribution in [0.4, 0.5) is 4.79 Å². The molecule has 27 heavy (non-hydrogen) atoms. The van der Waals surface area contributed by atoms with Gasteiger partial charge in [-0.05, 0) is 42.5 Å². The molecule has 9 heteroatoms. The van der Waals surface area contributed by atoms with Gasteiger partial charge in [0.15, 0.2) is 11.5 Å². The third-order valence-corrected chi connectivity index (χ3v) is 5.20. The highest BCUT2D eigenvalue weighted by Crippen LogP contribution is 2.38. The van der Waals surface area contributed by atoms with Gasteiger partial charge < -0.3 is 14.2 Å². The molecule has 0 N–H and O–H groups in total. The second-order valence-electron chi connectivity index (χ2n) is 5.27. The zero-order valence-electron chi connectivity index (χ0n) is 14.8. The van der Waals surface area contributed by atoms with Crippen LogP contribution in [0.1, 0.15) is 12.5 Å². The Balaban J connectivity index is 2.36. The van der Waals surface area contributed by atoms with Crippen molar-refractivity contribution in [2.45, 2.75) is 13.0 Å². The van der Waals surface area contributed by atoms with Crippen LogP contribution < -0.4 is 9.47 Å². The van der Waals surface area contributed by atoms with E-state index in [1.54, 1.807) is 12.1 Å². The smallest absolute Gasteiger partial charge is 0.328 e. The van der Waals surface area contributed by atoms with E-state index in [1.165, 1.54) is 27.2 Å². The third kappa shape index (κ3) is 4.46. The van der Waals surface area contributed by atoms with Crippen molar-refractivity contribution < 1.29 is 28.6 Å². The van der Waals surface area contributed by atoms with Crippen LogP contribution in [-0.2, 0) is 14.3 Å². The van der Waals surface area contributed by atoms with E-state index in [4.69, 9.17) is 15.9 Å². The number of methoxy groups -OCH3 is 2. The van der Waals surface area contributed by atoms with Crippen molar-refractivity contribution in [2.24, 2.45) is 0 Å². The Bertz CT molecular complexity index is 860. The molecule has 0 radical (unpaired) electrons. The number of rotatable bonds is 6. The largest absolute Gasteiger partial charge is 0.493 e. The Morgan fingerprint density at radius 3 is 2.67 bits per heavy atom. The lowest BCUT2D eigenvalue weighted by Gasteiger charge is -2.18. The first-order chi connectivity index (χ1) is 12.8. The maximum absolute atomic E-state index is 12.6. The van der Waals surface area contributed by atoms with E-state index >= 15 is 0 Å². The Labute approximate surface area is 169 Å². The van der Waals surface area contributed by atoms with Gasteiger partial charge in [-0.25, -0.2) is 4.79 Å². The van der Waals surface area contributed by atoms with Gasteiger partial charge in [0.1, 0.15) is 12.6 Å². The molecule has 1 fully saturated rings. The molecule has 7 nitrogen and oxygen atoms in total. The number of carbonyl (C=O) groups excluding carboxylic acids is 3. The van der Waals surface area contributed by atoms with Crippen LogP contribution in [0.2, 0.25) is 0 Å². The van der Waals surface area contributed by atoms with E-state index in [9.17, 15) is 14.4 Å². The Morgan fingerprint density at radius 2 is 2.07 bits per heavy atom. The fourth-order valence-electron chi connectivity index (χ4n) is 2.28. The van der Waals surface area contributed by atoms with Crippen molar-refractivity contribution >= 4 is 50.9 Å². The quantitative estimate of drug-likeness (QED) is 0.371. The summed E-state index contributed by atoms with van der Waals surface area (Å²) in [6, 6.07) is 2.29. The van der Waals surface area contributed by atoms with Gasteiger partial charge in [0, 0.05) is 4.47 Å². The summed E-state index contributed by atoms with van der Waals surface area (Å²) >= 11 is 4.14. The summed E-state index contributed by atoms with van der Waals surface area (Å²) in [7, 11) is 2.67. The van der Waals surface area contributed by atoms with Crippen LogP contribution in [0.25, 0.3) is 6.08 Å². The highest BCUT2D eigenvalue weighted by Gasteiger charge is 2.41. The summed E-state index contributed by atoms with van der Waals surface area (Å²) in [5, 5.41) is -0.541. The summed E-state index contributed by atoms with van der Waals surface area (Å²) in [5.74, 6) is 1.98. The molecule has 0 aliphatic carbocycles. The maximum atomic E-state index is 12.6. The average molecular weight is 454 g/mol. The number of nitrogens with zero attached hydrogens (tertiary/aromatic N) is 1. The first kappa shape index (κ1) is 20.9. The van der Waals surface area contributed by atoms with Crippen molar-refractivity contribution in [1.82, 2.24) is 4.90 Å². The summed E-state index contributed by atoms with van der Waals surface area (Å²) < 4.78 is 15.9. The van der Waals surface area contributed by atoms with Crippen molar-refractivity contribution in [1.29, 1.82) is 0 Å². The van der Waals surface area contributed by atoms with E-state index in [0.29, 0.717) is 21.5 Å². The lowest BCUT2D eigenvalue weighted by atomic mass is 10.1. The monoisotopic (exact) mass is 453 g/mol. The van der Waals surface area contributed by atoms with Gasteiger partial charge >= 0.3 is 5.97 Å². The van der Waals surface area contributed by atoms with E-state index < -0.39 is 23.2 Å². The molecule has 2 rings (SSSR count). The Kier molecular flexibility index (Phi) is 6.93. The fourth-order valence-corrected chi connectivity index (χ4v) is 3.62. The molecule has 2 amide bonds. The van der Waals surface area contributed by atoms with Crippen molar-refractivity contribution in [3.05, 3.63) is 27.1 Å². The second-order valence-corrected chi connectivity index (χ2v) is 7.12. The van der Waals surface area contributed by atoms with E-state index in [-0.39, 0.29) is 11.5 Å². The minimum Gasteiger partial charge on any atom is -0.493 e. The molecule has 1 aliphatic heterocycles. The Hall–Kier alpha value is -2.44. The number of terminal acetylenes is 1. The van der Waals surface area contributed by atoms with Crippen LogP contribution in [0, 0.1) is 12.3 Å². The van der Waals surface area contributed by atoms with Crippen LogP contribution in [0.5, 0.6) is 11.5 Å². The maximum Gasteiger partial charge on any atom is 0.328 e. The zero-order chi connectivity index (χ0) is 20.1. The van der Waals surface area contributed by atoms with Crippen molar-refractivity contribution in [2.75, 3.05) is 20.8 Å². The summed E-state index contributed by atoms with van der Waals surface area (Å²) in [4.78, 5) is 37.5. The minimum atomic E-state index is -1.01. The van der Waals surface area contributed by atoms with Crippen molar-refractivity contribution in [3.8, 4) is 23.8 Å². The highest BCUT2D eigenvalue weighted by atomic mass is 79.9. The third-order valence-electron chi connectivity index (χ3n) is 3.63. The molecule has 1 heterocycles. The summed E-state index contributed by atoms with van der Waals surface area (Å²) in [6.07, 6.45) is 6.73. The first-order valence-electron chi connectivity index (χ1n) is 7.62. The molecular formula is C18H16BrNO6S. The van der Waals surface area contributed by atoms with Gasteiger partial charge in [-0.3, -0.25) is 14.5 Å². The number of halogens is 1. The molecule has 1 atom stereocenters. The second kappa shape index (κ2) is 8.97. The number of hydrogen-bond acceptors (Lipinski definition) is 7. The first-order valence-corrected chi connectivity index (χ1v) is 9.23. The van der Waals surface area contributed by atoms with E-state index in [1.807, 2.05) is 0 Å². The molecule has 1 aromatic rings. The lowest BCUT2D eigenvalue weighted by molar-refractivity contribution is -0.148. The van der Waals surface area contributed by atoms with Crippen molar-refractivity contribution in [3.63, 3.8) is 0 Å². The van der Waals surface area contributed by atoms with Crippen LogP contribution in [0.15, 0.2) is 21.5 Å². The number of carbonyl (C=O) groups is 3. The Morgan fingerprint density at radius 1 is 1.37 bits per heavy atom. The molecule has 0 saturated carbocycles. The molecule has 0 bridgehead atoms. The molecule has 1 aliphatic rings. The highest BCUT2D eigenvalue weighted by molar-refractivity contribution is 9.10. The number of amides is 2. The molecule has 0 aromatic heterocycles. The number of benzene rings is 1. The van der Waals surface area contributed by atoms with Crippen LogP contribution in [-0.4, -0.2) is 48.9 Å². The standard InChI is InChI=1S/C18H16BrNO6S/c1-5-6-26-14-9-12(19)11(7-13(14)24-3)8-15-16(21)20(18(23)27-15)10(2)17(22)25-4/h1,7-10H,6H2,2-4H3/b15-8+. The van der Waals surface area contributed by atoms with Gasteiger partial charge in [0.05, 0.1) is 19.1 Å².